The molecule has 0 aliphatic carbocycles. The summed E-state index contributed by atoms with van der Waals surface area (Å²) in [6.07, 6.45) is 1.05. The van der Waals surface area contributed by atoms with E-state index >= 15 is 0 Å². The molecule has 0 aromatic heterocycles. The summed E-state index contributed by atoms with van der Waals surface area (Å²) in [4.78, 5) is 22.7. The predicted molar refractivity (Wildman–Crippen MR) is 79.9 cm³/mol. The molecule has 1 aliphatic heterocycles. The third kappa shape index (κ3) is 4.71. The Labute approximate surface area is 128 Å². The molecule has 0 spiro atoms. The van der Waals surface area contributed by atoms with E-state index in [0.29, 0.717) is 25.3 Å². The minimum absolute atomic E-state index is 0.0266. The van der Waals surface area contributed by atoms with E-state index in [4.69, 9.17) is 20.9 Å². The second-order valence-electron chi connectivity index (χ2n) is 5.18. The fourth-order valence-corrected chi connectivity index (χ4v) is 2.27. The van der Waals surface area contributed by atoms with Crippen molar-refractivity contribution in [2.75, 3.05) is 13.2 Å². The van der Waals surface area contributed by atoms with Crippen molar-refractivity contribution in [3.8, 4) is 5.75 Å². The summed E-state index contributed by atoms with van der Waals surface area (Å²) in [6.45, 7) is 0.620. The molecule has 120 valence electrons. The normalized spacial score (nSPS) is 20.6. The maximum absolute atomic E-state index is 12.0. The summed E-state index contributed by atoms with van der Waals surface area (Å²) >= 11 is 0. The molecule has 0 bridgehead atoms. The van der Waals surface area contributed by atoms with Crippen molar-refractivity contribution in [1.29, 1.82) is 0 Å². The van der Waals surface area contributed by atoms with Crippen LogP contribution in [0, 0.1) is 0 Å². The van der Waals surface area contributed by atoms with Gasteiger partial charge < -0.3 is 26.3 Å². The van der Waals surface area contributed by atoms with E-state index < -0.39 is 12.0 Å². The number of benzene rings is 1. The van der Waals surface area contributed by atoms with Gasteiger partial charge in [0.1, 0.15) is 11.9 Å². The van der Waals surface area contributed by atoms with Crippen LogP contribution in [0.25, 0.3) is 0 Å². The van der Waals surface area contributed by atoms with E-state index in [0.717, 1.165) is 12.0 Å². The van der Waals surface area contributed by atoms with Crippen LogP contribution in [-0.4, -0.2) is 37.2 Å². The first-order chi connectivity index (χ1) is 10.6. The van der Waals surface area contributed by atoms with Crippen LogP contribution in [0.15, 0.2) is 24.3 Å². The number of carbonyl (C=O) groups excluding carboxylic acids is 2. The van der Waals surface area contributed by atoms with Crippen LogP contribution in [0.1, 0.15) is 18.4 Å². The monoisotopic (exact) mass is 307 g/mol. The molecule has 22 heavy (non-hydrogen) atoms. The zero-order valence-electron chi connectivity index (χ0n) is 12.3. The highest BCUT2D eigenvalue weighted by Crippen LogP contribution is 2.19. The van der Waals surface area contributed by atoms with Gasteiger partial charge in [-0.2, -0.15) is 0 Å². The van der Waals surface area contributed by atoms with E-state index in [-0.39, 0.29) is 18.6 Å². The number of nitrogens with one attached hydrogen (secondary N) is 1. The molecule has 7 nitrogen and oxygen atoms in total. The van der Waals surface area contributed by atoms with E-state index in [2.05, 4.69) is 5.32 Å². The quantitative estimate of drug-likeness (QED) is 0.638. The van der Waals surface area contributed by atoms with Gasteiger partial charge in [0.25, 0.3) is 5.91 Å². The van der Waals surface area contributed by atoms with Gasteiger partial charge in [0.15, 0.2) is 6.61 Å². The second kappa shape index (κ2) is 7.77. The number of ether oxygens (including phenoxy) is 2. The van der Waals surface area contributed by atoms with Gasteiger partial charge in [0.05, 0.1) is 6.10 Å². The number of amides is 2. The number of carbonyl (C=O) groups is 2. The van der Waals surface area contributed by atoms with Gasteiger partial charge >= 0.3 is 0 Å². The molecule has 0 unspecified atom stereocenters. The highest BCUT2D eigenvalue weighted by Gasteiger charge is 2.29. The van der Waals surface area contributed by atoms with Crippen molar-refractivity contribution in [2.45, 2.75) is 31.6 Å². The Morgan fingerprint density at radius 1 is 1.36 bits per heavy atom. The summed E-state index contributed by atoms with van der Waals surface area (Å²) in [5, 5.41) is 2.83. The van der Waals surface area contributed by atoms with Gasteiger partial charge in [-0.15, -0.1) is 0 Å². The van der Waals surface area contributed by atoms with Gasteiger partial charge in [-0.05, 0) is 30.5 Å². The molecule has 1 aromatic carbocycles. The maximum Gasteiger partial charge on any atom is 0.255 e. The number of nitrogens with two attached hydrogens (primary N) is 2. The SMILES string of the molecule is NC[C@H]1CC[C@@H](C(=O)NCc2cccc(OCC(N)=O)c2)O1. The summed E-state index contributed by atoms with van der Waals surface area (Å²) < 4.78 is 10.8. The van der Waals surface area contributed by atoms with Gasteiger partial charge in [0, 0.05) is 13.1 Å². The minimum atomic E-state index is -0.536. The number of primary amides is 1. The molecule has 0 radical (unpaired) electrons. The van der Waals surface area contributed by atoms with E-state index in [9.17, 15) is 9.59 Å². The Hall–Kier alpha value is -2.12. The van der Waals surface area contributed by atoms with Crippen LogP contribution in [0.3, 0.4) is 0 Å². The molecule has 1 aliphatic rings. The Morgan fingerprint density at radius 2 is 2.18 bits per heavy atom. The molecule has 0 saturated carbocycles. The predicted octanol–water partition coefficient (Wildman–Crippen LogP) is -0.327. The first-order valence-corrected chi connectivity index (χ1v) is 7.21. The van der Waals surface area contributed by atoms with Crippen molar-refractivity contribution in [3.63, 3.8) is 0 Å². The molecular formula is C15H21N3O4. The van der Waals surface area contributed by atoms with Crippen molar-refractivity contribution in [3.05, 3.63) is 29.8 Å². The standard InChI is InChI=1S/C15H21N3O4/c16-7-12-4-5-13(22-12)15(20)18-8-10-2-1-3-11(6-10)21-9-14(17)19/h1-3,6,12-13H,4-5,7-9,16H2,(H2,17,19)(H,18,20)/t12-,13+/m1/s1. The zero-order chi connectivity index (χ0) is 15.9. The van der Waals surface area contributed by atoms with Crippen molar-refractivity contribution in [1.82, 2.24) is 5.32 Å². The molecule has 2 rings (SSSR count). The molecule has 2 atom stereocenters. The molecule has 1 aromatic rings. The fourth-order valence-electron chi connectivity index (χ4n) is 2.27. The van der Waals surface area contributed by atoms with Gasteiger partial charge in [0.2, 0.25) is 5.91 Å². The molecule has 7 heteroatoms. The van der Waals surface area contributed by atoms with Gasteiger partial charge in [-0.3, -0.25) is 9.59 Å². The van der Waals surface area contributed by atoms with Crippen LogP contribution < -0.4 is 21.5 Å². The fraction of sp³-hybridized carbons (Fsp3) is 0.467. The van der Waals surface area contributed by atoms with Gasteiger partial charge in [-0.1, -0.05) is 12.1 Å². The van der Waals surface area contributed by atoms with Crippen LogP contribution in [0.4, 0.5) is 0 Å². The molecule has 2 amide bonds. The summed E-state index contributed by atoms with van der Waals surface area (Å²) in [5.41, 5.74) is 11.4. The van der Waals surface area contributed by atoms with Crippen LogP contribution in [0.5, 0.6) is 5.75 Å². The third-order valence-electron chi connectivity index (χ3n) is 3.41. The second-order valence-corrected chi connectivity index (χ2v) is 5.18. The van der Waals surface area contributed by atoms with Crippen molar-refractivity contribution in [2.24, 2.45) is 11.5 Å². The average molecular weight is 307 g/mol. The highest BCUT2D eigenvalue weighted by atomic mass is 16.5. The summed E-state index contributed by atoms with van der Waals surface area (Å²) in [7, 11) is 0. The maximum atomic E-state index is 12.0. The highest BCUT2D eigenvalue weighted by molar-refractivity contribution is 5.81. The zero-order valence-corrected chi connectivity index (χ0v) is 12.3. The molecule has 5 N–H and O–H groups in total. The largest absolute Gasteiger partial charge is 0.484 e. The lowest BCUT2D eigenvalue weighted by Crippen LogP contribution is -2.35. The summed E-state index contributed by atoms with van der Waals surface area (Å²) in [5.74, 6) is -0.142. The van der Waals surface area contributed by atoms with Crippen LogP contribution in [0.2, 0.25) is 0 Å². The lowest BCUT2D eigenvalue weighted by atomic mass is 10.1. The molecule has 1 heterocycles. The lowest BCUT2D eigenvalue weighted by molar-refractivity contribution is -0.132. The topological polar surface area (TPSA) is 117 Å². The van der Waals surface area contributed by atoms with E-state index in [1.807, 2.05) is 6.07 Å². The Balaban J connectivity index is 1.82. The molecule has 1 fully saturated rings. The van der Waals surface area contributed by atoms with Crippen molar-refractivity contribution < 1.29 is 19.1 Å². The van der Waals surface area contributed by atoms with Gasteiger partial charge in [-0.25, -0.2) is 0 Å². The minimum Gasteiger partial charge on any atom is -0.484 e. The number of rotatable bonds is 7. The van der Waals surface area contributed by atoms with Crippen LogP contribution in [-0.2, 0) is 20.9 Å². The smallest absolute Gasteiger partial charge is 0.255 e. The van der Waals surface area contributed by atoms with Crippen molar-refractivity contribution >= 4 is 11.8 Å². The Morgan fingerprint density at radius 3 is 2.86 bits per heavy atom. The Bertz CT molecular complexity index is 535. The van der Waals surface area contributed by atoms with E-state index in [1.165, 1.54) is 0 Å². The first kappa shape index (κ1) is 16.3. The first-order valence-electron chi connectivity index (χ1n) is 7.21. The average Bonchev–Trinajstić information content (AvgIpc) is 3.00. The molecular weight excluding hydrogens is 286 g/mol. The third-order valence-corrected chi connectivity index (χ3v) is 3.41. The summed E-state index contributed by atoms with van der Waals surface area (Å²) in [6, 6.07) is 7.12. The van der Waals surface area contributed by atoms with Crippen LogP contribution >= 0.6 is 0 Å². The lowest BCUT2D eigenvalue weighted by Gasteiger charge is -2.13. The Kier molecular flexibility index (Phi) is 5.74. The number of hydrogen-bond donors (Lipinski definition) is 3. The molecule has 1 saturated heterocycles. The number of hydrogen-bond acceptors (Lipinski definition) is 5. The van der Waals surface area contributed by atoms with E-state index in [1.54, 1.807) is 18.2 Å².